The maximum Gasteiger partial charge on any atom is 0.265 e. The Morgan fingerprint density at radius 2 is 0.343 bits per heavy atom. The molecule has 35 heavy (non-hydrogen) atoms. The average Bonchev–Trinajstić information content (AvgIpc) is 2.81. The highest BCUT2D eigenvalue weighted by Gasteiger charge is 2.45. The topological polar surface area (TPSA) is 35.0 Å². The van der Waals surface area contributed by atoms with Crippen molar-refractivity contribution in [1.29, 1.82) is 0 Å². The predicted octanol–water partition coefficient (Wildman–Crippen LogP) is 4.45. The largest absolute Gasteiger partial charge is 0.344 e. The first-order chi connectivity index (χ1) is 15.7. The van der Waals surface area contributed by atoms with Crippen LogP contribution in [0.15, 0.2) is 0 Å². The van der Waals surface area contributed by atoms with E-state index in [1.807, 2.05) is 0 Å². The fraction of sp³-hybridized carbons (Fsp3) is 0. The molecule has 0 heterocycles. The van der Waals surface area contributed by atoms with Gasteiger partial charge < -0.3 is 6.15 Å². The summed E-state index contributed by atoms with van der Waals surface area (Å²) in [4.78, 5) is 0. The molecular weight excluding hydrogens is 526 g/mol. The van der Waals surface area contributed by atoms with E-state index >= 15 is 0 Å². The summed E-state index contributed by atoms with van der Waals surface area (Å²) in [5.41, 5.74) is -8.03. The van der Waals surface area contributed by atoms with Gasteiger partial charge in [-0.05, 0) is 0 Å². The molecule has 3 rings (SSSR count). The Hall–Kier alpha value is -3.37. The van der Waals surface area contributed by atoms with Crippen molar-refractivity contribution in [2.75, 3.05) is 0 Å². The smallest absolute Gasteiger partial charge is 0.265 e. The average molecular weight is 529 g/mol. The van der Waals surface area contributed by atoms with E-state index in [4.69, 9.17) is 0 Å². The normalized spacial score (nSPS) is 11.1. The third-order valence-electron chi connectivity index (χ3n) is 4.60. The summed E-state index contributed by atoms with van der Waals surface area (Å²) < 4.78 is 209. The highest BCUT2D eigenvalue weighted by Crippen LogP contribution is 2.23. The van der Waals surface area contributed by atoms with Gasteiger partial charge in [0.2, 0.25) is 0 Å². The lowest BCUT2D eigenvalue weighted by Gasteiger charge is -2.21. The maximum atomic E-state index is 14.4. The Kier molecular flexibility index (Phi) is 7.45. The van der Waals surface area contributed by atoms with Crippen LogP contribution in [0.3, 0.4) is 0 Å². The van der Waals surface area contributed by atoms with Crippen LogP contribution >= 0.6 is 0 Å². The Bertz CT molecular complexity index is 1120. The van der Waals surface area contributed by atoms with E-state index in [-0.39, 0.29) is 6.15 Å². The van der Waals surface area contributed by atoms with Gasteiger partial charge >= 0.3 is 0 Å². The van der Waals surface area contributed by atoms with E-state index in [1.165, 1.54) is 0 Å². The molecule has 0 aliphatic rings. The monoisotopic (exact) mass is 529 g/mol. The second-order valence-electron chi connectivity index (χ2n) is 6.38. The quantitative estimate of drug-likeness (QED) is 0.232. The zero-order valence-corrected chi connectivity index (χ0v) is 16.0. The van der Waals surface area contributed by atoms with Crippen molar-refractivity contribution in [3.63, 3.8) is 0 Å². The number of hydrogen-bond donors (Lipinski definition) is 1. The molecule has 1 nitrogen and oxygen atoms in total. The van der Waals surface area contributed by atoms with Gasteiger partial charge in [0.15, 0.2) is 87.3 Å². The summed E-state index contributed by atoms with van der Waals surface area (Å²) in [6.45, 7) is -3.96. The van der Waals surface area contributed by atoms with E-state index < -0.39 is 110 Å². The highest BCUT2D eigenvalue weighted by molar-refractivity contribution is 6.95. The van der Waals surface area contributed by atoms with Gasteiger partial charge in [0.25, 0.3) is 6.71 Å². The van der Waals surface area contributed by atoms with Gasteiger partial charge in [-0.15, -0.1) is 0 Å². The Labute approximate surface area is 183 Å². The van der Waals surface area contributed by atoms with Crippen LogP contribution in [0, 0.1) is 87.3 Å². The zero-order chi connectivity index (χ0) is 26.0. The molecule has 0 saturated heterocycles. The second-order valence-corrected chi connectivity index (χ2v) is 6.38. The first kappa shape index (κ1) is 27.9. The predicted molar refractivity (Wildman–Crippen MR) is 88.4 cm³/mol. The second kappa shape index (κ2) is 9.35. The van der Waals surface area contributed by atoms with Gasteiger partial charge in [-0.1, -0.05) is 0 Å². The van der Waals surface area contributed by atoms with E-state index in [0.29, 0.717) is 0 Å². The Morgan fingerprint density at radius 1 is 0.229 bits per heavy atom. The molecule has 3 aromatic carbocycles. The van der Waals surface area contributed by atoms with Crippen LogP contribution in [0.2, 0.25) is 0 Å². The van der Waals surface area contributed by atoms with Crippen molar-refractivity contribution in [1.82, 2.24) is 6.15 Å². The summed E-state index contributed by atoms with van der Waals surface area (Å²) in [6.07, 6.45) is 0. The van der Waals surface area contributed by atoms with Gasteiger partial charge in [-0.3, -0.25) is 0 Å². The van der Waals surface area contributed by atoms with Crippen LogP contribution < -0.4 is 22.5 Å². The fourth-order valence-electron chi connectivity index (χ4n) is 3.06. The molecular formula is C18H3BF15N. The summed E-state index contributed by atoms with van der Waals surface area (Å²) in [6, 6.07) is 0. The van der Waals surface area contributed by atoms with Crippen LogP contribution in [-0.4, -0.2) is 6.71 Å². The van der Waals surface area contributed by atoms with Gasteiger partial charge in [0, 0.05) is 16.4 Å². The SMILES string of the molecule is Fc1c(F)c(F)c(B(c2c(F)c(F)c(F)c(F)c2F)c2c(F)c(F)c(F)c(F)c2F)c(F)c1F.N. The molecule has 0 aromatic heterocycles. The lowest BCUT2D eigenvalue weighted by Crippen LogP contribution is -2.60. The third kappa shape index (κ3) is 3.86. The van der Waals surface area contributed by atoms with Gasteiger partial charge in [0.05, 0.1) is 0 Å². The molecule has 0 aliphatic carbocycles. The van der Waals surface area contributed by atoms with Crippen molar-refractivity contribution in [2.24, 2.45) is 0 Å². The third-order valence-corrected chi connectivity index (χ3v) is 4.60. The minimum Gasteiger partial charge on any atom is -0.344 e. The molecule has 0 aliphatic heterocycles. The Morgan fingerprint density at radius 3 is 0.486 bits per heavy atom. The van der Waals surface area contributed by atoms with E-state index in [2.05, 4.69) is 0 Å². The van der Waals surface area contributed by atoms with Gasteiger partial charge in [-0.25, -0.2) is 65.9 Å². The van der Waals surface area contributed by atoms with Crippen molar-refractivity contribution in [3.05, 3.63) is 87.3 Å². The maximum absolute atomic E-state index is 14.4. The fourth-order valence-corrected chi connectivity index (χ4v) is 3.06. The number of rotatable bonds is 3. The van der Waals surface area contributed by atoms with Crippen molar-refractivity contribution in [2.45, 2.75) is 0 Å². The first-order valence-electron chi connectivity index (χ1n) is 8.20. The van der Waals surface area contributed by atoms with Crippen LogP contribution in [0.5, 0.6) is 0 Å². The van der Waals surface area contributed by atoms with E-state index in [1.54, 1.807) is 0 Å². The van der Waals surface area contributed by atoms with Crippen LogP contribution in [-0.2, 0) is 0 Å². The summed E-state index contributed by atoms with van der Waals surface area (Å²) in [5, 5.41) is 0. The molecule has 0 atom stereocenters. The van der Waals surface area contributed by atoms with E-state index in [9.17, 15) is 65.9 Å². The summed E-state index contributed by atoms with van der Waals surface area (Å²) >= 11 is 0. The Balaban J connectivity index is 0.00000432. The summed E-state index contributed by atoms with van der Waals surface area (Å²) in [5.74, 6) is -45.2. The molecule has 0 fully saturated rings. The molecule has 0 bridgehead atoms. The van der Waals surface area contributed by atoms with Crippen LogP contribution in [0.4, 0.5) is 65.9 Å². The van der Waals surface area contributed by atoms with Crippen molar-refractivity contribution in [3.8, 4) is 0 Å². The lowest BCUT2D eigenvalue weighted by molar-refractivity contribution is 0.380. The molecule has 3 aromatic rings. The molecule has 17 heteroatoms. The molecule has 3 N–H and O–H groups in total. The number of halogens is 15. The lowest BCUT2D eigenvalue weighted by atomic mass is 9.36. The highest BCUT2D eigenvalue weighted by atomic mass is 19.2. The van der Waals surface area contributed by atoms with Crippen molar-refractivity contribution >= 4 is 23.1 Å². The number of hydrogen-bond acceptors (Lipinski definition) is 1. The number of benzene rings is 3. The van der Waals surface area contributed by atoms with E-state index in [0.717, 1.165) is 0 Å². The minimum absolute atomic E-state index is 0. The van der Waals surface area contributed by atoms with Gasteiger partial charge in [0.1, 0.15) is 0 Å². The summed E-state index contributed by atoms with van der Waals surface area (Å²) in [7, 11) is 0. The zero-order valence-electron chi connectivity index (χ0n) is 16.0. The van der Waals surface area contributed by atoms with Crippen LogP contribution in [0.25, 0.3) is 0 Å². The molecule has 0 saturated carbocycles. The minimum atomic E-state index is -3.96. The standard InChI is InChI=1S/C18BF15.H3N/c20-4-1(5(21)11(27)16(32)10(4)26)19(2-6(22)12(28)17(33)13(29)7(2)23)3-8(24)14(30)18(34)15(31)9(3)25;/h;1H3. The molecule has 0 spiro atoms. The first-order valence-corrected chi connectivity index (χ1v) is 8.20. The molecule has 188 valence electrons. The molecule has 0 unspecified atom stereocenters. The molecule has 0 amide bonds. The van der Waals surface area contributed by atoms with Crippen molar-refractivity contribution < 1.29 is 65.9 Å². The molecule has 0 radical (unpaired) electrons. The van der Waals surface area contributed by atoms with Gasteiger partial charge in [-0.2, -0.15) is 0 Å². The van der Waals surface area contributed by atoms with Crippen LogP contribution in [0.1, 0.15) is 0 Å².